The van der Waals surface area contributed by atoms with Crippen molar-refractivity contribution in [1.29, 1.82) is 0 Å². The molecule has 0 amide bonds. The van der Waals surface area contributed by atoms with Crippen LogP contribution in [0.15, 0.2) is 53.4 Å². The highest BCUT2D eigenvalue weighted by Crippen LogP contribution is 2.43. The van der Waals surface area contributed by atoms with Crippen LogP contribution in [-0.2, 0) is 10.0 Å². The zero-order valence-electron chi connectivity index (χ0n) is 15.0. The second-order valence-electron chi connectivity index (χ2n) is 7.20. The van der Waals surface area contributed by atoms with Gasteiger partial charge in [0.25, 0.3) is 0 Å². The van der Waals surface area contributed by atoms with Crippen molar-refractivity contribution < 1.29 is 17.9 Å². The minimum Gasteiger partial charge on any atom is -0.486 e. The number of nitrogens with zero attached hydrogens (tertiary/aromatic N) is 2. The van der Waals surface area contributed by atoms with E-state index in [-0.39, 0.29) is 17.1 Å². The van der Waals surface area contributed by atoms with Crippen molar-refractivity contribution in [2.75, 3.05) is 26.3 Å². The Hall–Kier alpha value is -2.09. The second kappa shape index (κ2) is 6.51. The van der Waals surface area contributed by atoms with E-state index in [4.69, 9.17) is 9.47 Å². The highest BCUT2D eigenvalue weighted by atomic mass is 32.2. The quantitative estimate of drug-likeness (QED) is 0.812. The summed E-state index contributed by atoms with van der Waals surface area (Å²) >= 11 is 0. The van der Waals surface area contributed by atoms with E-state index >= 15 is 0 Å². The topological polar surface area (TPSA) is 59.1 Å². The summed E-state index contributed by atoms with van der Waals surface area (Å²) in [5, 5.41) is 0. The lowest BCUT2D eigenvalue weighted by Gasteiger charge is -2.29. The average molecular weight is 386 g/mol. The molecule has 7 heteroatoms. The summed E-state index contributed by atoms with van der Waals surface area (Å²) in [6.45, 7) is 2.37. The molecule has 0 aliphatic carbocycles. The zero-order valence-corrected chi connectivity index (χ0v) is 15.8. The molecule has 5 rings (SSSR count). The first-order valence-corrected chi connectivity index (χ1v) is 10.8. The van der Waals surface area contributed by atoms with Crippen LogP contribution in [0.3, 0.4) is 0 Å². The van der Waals surface area contributed by atoms with E-state index in [0.717, 1.165) is 24.9 Å². The summed E-state index contributed by atoms with van der Waals surface area (Å²) in [4.78, 5) is 2.58. The monoisotopic (exact) mass is 386 g/mol. The van der Waals surface area contributed by atoms with Crippen LogP contribution in [0.2, 0.25) is 0 Å². The van der Waals surface area contributed by atoms with Gasteiger partial charge in [0.1, 0.15) is 19.4 Å². The molecule has 3 aliphatic heterocycles. The van der Waals surface area contributed by atoms with Crippen molar-refractivity contribution >= 4 is 10.0 Å². The molecule has 2 atom stereocenters. The Morgan fingerprint density at radius 3 is 2.56 bits per heavy atom. The van der Waals surface area contributed by atoms with Crippen LogP contribution in [0.4, 0.5) is 0 Å². The lowest BCUT2D eigenvalue weighted by Crippen LogP contribution is -2.35. The average Bonchev–Trinajstić information content (AvgIpc) is 3.30. The SMILES string of the molecule is O=S(=O)(c1ccc2c(c1)OCCO2)N1CC2CCCN2C1c1ccccc1. The summed E-state index contributed by atoms with van der Waals surface area (Å²) in [7, 11) is -3.66. The van der Waals surface area contributed by atoms with Gasteiger partial charge in [-0.25, -0.2) is 8.42 Å². The molecular formula is C20H22N2O4S. The second-order valence-corrected chi connectivity index (χ2v) is 9.09. The molecule has 0 saturated carbocycles. The molecule has 27 heavy (non-hydrogen) atoms. The van der Waals surface area contributed by atoms with Gasteiger partial charge >= 0.3 is 0 Å². The van der Waals surface area contributed by atoms with E-state index < -0.39 is 10.0 Å². The zero-order chi connectivity index (χ0) is 18.4. The molecule has 2 saturated heterocycles. The first-order chi connectivity index (χ1) is 13.1. The lowest BCUT2D eigenvalue weighted by molar-refractivity contribution is 0.171. The third-order valence-electron chi connectivity index (χ3n) is 5.62. The van der Waals surface area contributed by atoms with E-state index in [0.29, 0.717) is 31.3 Å². The molecular weight excluding hydrogens is 364 g/mol. The smallest absolute Gasteiger partial charge is 0.244 e. The third-order valence-corrected chi connectivity index (χ3v) is 7.43. The van der Waals surface area contributed by atoms with Crippen LogP contribution in [0.25, 0.3) is 0 Å². The Kier molecular flexibility index (Phi) is 4.11. The van der Waals surface area contributed by atoms with Crippen molar-refractivity contribution in [3.63, 3.8) is 0 Å². The highest BCUT2D eigenvalue weighted by Gasteiger charge is 2.48. The van der Waals surface area contributed by atoms with Crippen molar-refractivity contribution in [2.45, 2.75) is 29.9 Å². The van der Waals surface area contributed by atoms with Crippen LogP contribution in [0.5, 0.6) is 11.5 Å². The number of rotatable bonds is 3. The maximum atomic E-state index is 13.5. The fraction of sp³-hybridized carbons (Fsp3) is 0.400. The van der Waals surface area contributed by atoms with E-state index in [1.54, 1.807) is 22.5 Å². The van der Waals surface area contributed by atoms with Gasteiger partial charge in [-0.1, -0.05) is 30.3 Å². The summed E-state index contributed by atoms with van der Waals surface area (Å²) in [5.74, 6) is 1.10. The molecule has 0 radical (unpaired) electrons. The number of sulfonamides is 1. The minimum absolute atomic E-state index is 0.253. The number of hydrogen-bond donors (Lipinski definition) is 0. The maximum Gasteiger partial charge on any atom is 0.244 e. The van der Waals surface area contributed by atoms with E-state index in [1.165, 1.54) is 0 Å². The maximum absolute atomic E-state index is 13.5. The Morgan fingerprint density at radius 1 is 0.963 bits per heavy atom. The molecule has 142 valence electrons. The van der Waals surface area contributed by atoms with Crippen molar-refractivity contribution in [3.8, 4) is 11.5 Å². The highest BCUT2D eigenvalue weighted by molar-refractivity contribution is 7.89. The van der Waals surface area contributed by atoms with Gasteiger partial charge in [0, 0.05) is 25.2 Å². The van der Waals surface area contributed by atoms with Gasteiger partial charge in [-0.05, 0) is 30.5 Å². The van der Waals surface area contributed by atoms with E-state index in [9.17, 15) is 8.42 Å². The molecule has 3 aliphatic rings. The first kappa shape index (κ1) is 17.0. The fourth-order valence-corrected chi connectivity index (χ4v) is 6.02. The van der Waals surface area contributed by atoms with Gasteiger partial charge < -0.3 is 9.47 Å². The molecule has 2 aromatic rings. The normalized spacial score (nSPS) is 25.5. The molecule has 2 fully saturated rings. The molecule has 0 spiro atoms. The van der Waals surface area contributed by atoms with Gasteiger partial charge in [0.2, 0.25) is 10.0 Å². The van der Waals surface area contributed by atoms with Gasteiger partial charge in [0.05, 0.1) is 4.90 Å². The van der Waals surface area contributed by atoms with Crippen molar-refractivity contribution in [1.82, 2.24) is 9.21 Å². The molecule has 2 aromatic carbocycles. The molecule has 2 unspecified atom stereocenters. The fourth-order valence-electron chi connectivity index (χ4n) is 4.38. The van der Waals surface area contributed by atoms with Crippen molar-refractivity contribution in [3.05, 3.63) is 54.1 Å². The number of fused-ring (bicyclic) bond motifs is 2. The van der Waals surface area contributed by atoms with Crippen LogP contribution in [0.1, 0.15) is 24.6 Å². The predicted octanol–water partition coefficient (Wildman–Crippen LogP) is 2.63. The summed E-state index contributed by atoms with van der Waals surface area (Å²) in [6.07, 6.45) is 1.90. The Labute approximate surface area is 159 Å². The summed E-state index contributed by atoms with van der Waals surface area (Å²) < 4.78 is 39.8. The largest absolute Gasteiger partial charge is 0.486 e. The van der Waals surface area contributed by atoms with E-state index in [1.807, 2.05) is 30.3 Å². The number of ether oxygens (including phenoxy) is 2. The van der Waals surface area contributed by atoms with Crippen LogP contribution >= 0.6 is 0 Å². The predicted molar refractivity (Wildman–Crippen MR) is 100 cm³/mol. The molecule has 0 N–H and O–H groups in total. The van der Waals surface area contributed by atoms with Gasteiger partial charge in [0.15, 0.2) is 11.5 Å². The number of benzene rings is 2. The number of hydrogen-bond acceptors (Lipinski definition) is 5. The molecule has 3 heterocycles. The molecule has 0 bridgehead atoms. The van der Waals surface area contributed by atoms with Crippen molar-refractivity contribution in [2.24, 2.45) is 0 Å². The van der Waals surface area contributed by atoms with Crippen LogP contribution in [0, 0.1) is 0 Å². The van der Waals surface area contributed by atoms with Crippen LogP contribution < -0.4 is 9.47 Å². The Bertz CT molecular complexity index is 948. The Balaban J connectivity index is 1.55. The van der Waals surface area contributed by atoms with Gasteiger partial charge in [-0.2, -0.15) is 4.31 Å². The summed E-state index contributed by atoms with van der Waals surface area (Å²) in [6, 6.07) is 15.1. The van der Waals surface area contributed by atoms with E-state index in [2.05, 4.69) is 4.90 Å². The third kappa shape index (κ3) is 2.81. The molecule has 0 aromatic heterocycles. The standard InChI is InChI=1S/C20H22N2O4S/c23-27(24,17-8-9-18-19(13-17)26-12-11-25-18)22-14-16-7-4-10-21(16)20(22)15-5-2-1-3-6-15/h1-3,5-6,8-9,13,16,20H,4,7,10-12,14H2. The van der Waals surface area contributed by atoms with Crippen LogP contribution in [-0.4, -0.2) is 50.0 Å². The Morgan fingerprint density at radius 2 is 1.74 bits per heavy atom. The lowest BCUT2D eigenvalue weighted by atomic mass is 10.1. The van der Waals surface area contributed by atoms with Gasteiger partial charge in [-0.3, -0.25) is 4.90 Å². The first-order valence-electron chi connectivity index (χ1n) is 9.37. The summed E-state index contributed by atoms with van der Waals surface area (Å²) in [5.41, 5.74) is 1.02. The van der Waals surface area contributed by atoms with Gasteiger partial charge in [-0.15, -0.1) is 0 Å². The minimum atomic E-state index is -3.66. The molecule has 6 nitrogen and oxygen atoms in total.